The van der Waals surface area contributed by atoms with Crippen molar-refractivity contribution in [3.05, 3.63) is 26.9 Å². The summed E-state index contributed by atoms with van der Waals surface area (Å²) in [6, 6.07) is 1.37. The van der Waals surface area contributed by atoms with Crippen molar-refractivity contribution in [2.24, 2.45) is 0 Å². The van der Waals surface area contributed by atoms with E-state index in [1.54, 1.807) is 0 Å². The van der Waals surface area contributed by atoms with Gasteiger partial charge in [-0.1, -0.05) is 6.92 Å². The molecule has 1 rings (SSSR count). The van der Waals surface area contributed by atoms with Crippen LogP contribution in [0.2, 0.25) is 0 Å². The maximum absolute atomic E-state index is 10.7. The number of nitrogens with one attached hydrogen (secondary N) is 1. The van der Waals surface area contributed by atoms with Gasteiger partial charge in [-0.2, -0.15) is 0 Å². The van der Waals surface area contributed by atoms with Crippen LogP contribution >= 0.6 is 15.9 Å². The van der Waals surface area contributed by atoms with E-state index >= 15 is 0 Å². The van der Waals surface area contributed by atoms with Crippen LogP contribution in [0.25, 0.3) is 0 Å². The number of hydrogen-bond acceptors (Lipinski definition) is 5. The van der Waals surface area contributed by atoms with Crippen molar-refractivity contribution in [2.45, 2.75) is 6.92 Å². The summed E-state index contributed by atoms with van der Waals surface area (Å²) < 4.78 is 5.77. The van der Waals surface area contributed by atoms with Crippen molar-refractivity contribution in [3.63, 3.8) is 0 Å². The Bertz CT molecular complexity index is 373. The Labute approximate surface area is 101 Å². The molecule has 16 heavy (non-hydrogen) atoms. The predicted molar refractivity (Wildman–Crippen MR) is 62.6 cm³/mol. The van der Waals surface area contributed by atoms with Crippen LogP contribution in [0.1, 0.15) is 6.92 Å². The first-order valence-electron chi connectivity index (χ1n) is 4.78. The van der Waals surface area contributed by atoms with Crippen molar-refractivity contribution in [1.82, 2.24) is 10.3 Å². The van der Waals surface area contributed by atoms with E-state index in [2.05, 4.69) is 26.2 Å². The number of nitro groups is 1. The molecule has 7 heteroatoms. The molecule has 1 aromatic rings. The van der Waals surface area contributed by atoms with E-state index in [1.807, 2.05) is 6.92 Å². The highest BCUT2D eigenvalue weighted by Crippen LogP contribution is 2.26. The van der Waals surface area contributed by atoms with Gasteiger partial charge in [-0.3, -0.25) is 10.1 Å². The van der Waals surface area contributed by atoms with Gasteiger partial charge in [0, 0.05) is 23.3 Å². The molecule has 0 saturated carbocycles. The number of rotatable bonds is 6. The highest BCUT2D eigenvalue weighted by Gasteiger charge is 2.16. The Morgan fingerprint density at radius 2 is 2.44 bits per heavy atom. The average molecular weight is 290 g/mol. The summed E-state index contributed by atoms with van der Waals surface area (Å²) >= 11 is 3.12. The van der Waals surface area contributed by atoms with Gasteiger partial charge in [-0.15, -0.1) is 0 Å². The first-order valence-corrected chi connectivity index (χ1v) is 5.58. The lowest BCUT2D eigenvalue weighted by Crippen LogP contribution is -2.20. The summed E-state index contributed by atoms with van der Waals surface area (Å²) in [5.41, 5.74) is -0.133. The highest BCUT2D eigenvalue weighted by molar-refractivity contribution is 9.10. The molecule has 1 heterocycles. The van der Waals surface area contributed by atoms with Crippen LogP contribution in [-0.2, 0) is 0 Å². The van der Waals surface area contributed by atoms with Gasteiger partial charge in [-0.05, 0) is 22.5 Å². The summed E-state index contributed by atoms with van der Waals surface area (Å²) in [6.45, 7) is 3.79. The second-order valence-electron chi connectivity index (χ2n) is 2.94. The van der Waals surface area contributed by atoms with Gasteiger partial charge in [0.2, 0.25) is 0 Å². The normalized spacial score (nSPS) is 10.1. The average Bonchev–Trinajstić information content (AvgIpc) is 2.26. The van der Waals surface area contributed by atoms with Crippen LogP contribution in [0.5, 0.6) is 5.88 Å². The number of hydrogen-bond donors (Lipinski definition) is 1. The Morgan fingerprint density at radius 1 is 1.69 bits per heavy atom. The van der Waals surface area contributed by atoms with E-state index in [-0.39, 0.29) is 11.6 Å². The van der Waals surface area contributed by atoms with Crippen molar-refractivity contribution >= 4 is 21.6 Å². The van der Waals surface area contributed by atoms with Crippen LogP contribution in [0, 0.1) is 10.1 Å². The van der Waals surface area contributed by atoms with Gasteiger partial charge in [0.05, 0.1) is 4.92 Å². The second kappa shape index (κ2) is 6.39. The monoisotopic (exact) mass is 289 g/mol. The zero-order valence-corrected chi connectivity index (χ0v) is 10.4. The van der Waals surface area contributed by atoms with E-state index in [0.29, 0.717) is 17.6 Å². The first kappa shape index (κ1) is 12.9. The molecule has 0 aliphatic carbocycles. The van der Waals surface area contributed by atoms with Crippen LogP contribution in [0.3, 0.4) is 0 Å². The van der Waals surface area contributed by atoms with Crippen molar-refractivity contribution in [2.75, 3.05) is 19.7 Å². The Morgan fingerprint density at radius 3 is 3.06 bits per heavy atom. The van der Waals surface area contributed by atoms with Gasteiger partial charge in [0.15, 0.2) is 0 Å². The van der Waals surface area contributed by atoms with Gasteiger partial charge in [0.1, 0.15) is 6.61 Å². The fourth-order valence-electron chi connectivity index (χ4n) is 1.05. The molecule has 1 N–H and O–H groups in total. The molecule has 6 nitrogen and oxygen atoms in total. The Hall–Kier alpha value is -1.21. The molecule has 1 aromatic heterocycles. The summed E-state index contributed by atoms with van der Waals surface area (Å²) in [5, 5.41) is 13.8. The molecular formula is C9H12BrN3O3. The molecule has 88 valence electrons. The lowest BCUT2D eigenvalue weighted by atomic mass is 10.4. The van der Waals surface area contributed by atoms with Crippen LogP contribution in [-0.4, -0.2) is 29.6 Å². The third-order valence-electron chi connectivity index (χ3n) is 1.76. The number of aromatic nitrogens is 1. The first-order chi connectivity index (χ1) is 7.65. The molecule has 0 aliphatic heterocycles. The smallest absolute Gasteiger partial charge is 0.332 e. The molecule has 0 saturated heterocycles. The molecule has 0 atom stereocenters. The topological polar surface area (TPSA) is 77.3 Å². The molecule has 0 unspecified atom stereocenters. The van der Waals surface area contributed by atoms with Gasteiger partial charge >= 0.3 is 5.69 Å². The minimum Gasteiger partial charge on any atom is -0.471 e. The molecule has 0 amide bonds. The number of nitrogens with zero attached hydrogens (tertiary/aromatic N) is 2. The van der Waals surface area contributed by atoms with Crippen molar-refractivity contribution < 1.29 is 9.66 Å². The minimum atomic E-state index is -0.514. The number of pyridine rings is 1. The van der Waals surface area contributed by atoms with Crippen LogP contribution < -0.4 is 10.1 Å². The van der Waals surface area contributed by atoms with E-state index < -0.39 is 4.92 Å². The lowest BCUT2D eigenvalue weighted by molar-refractivity contribution is -0.386. The molecule has 0 fully saturated rings. The maximum atomic E-state index is 10.7. The van der Waals surface area contributed by atoms with Crippen LogP contribution in [0.15, 0.2) is 16.7 Å². The lowest BCUT2D eigenvalue weighted by Gasteiger charge is -2.05. The summed E-state index contributed by atoms with van der Waals surface area (Å²) in [7, 11) is 0. The summed E-state index contributed by atoms with van der Waals surface area (Å²) in [4.78, 5) is 14.1. The minimum absolute atomic E-state index is 0.0473. The zero-order valence-electron chi connectivity index (χ0n) is 8.77. The maximum Gasteiger partial charge on any atom is 0.332 e. The number of likely N-dealkylation sites (N-methyl/N-ethyl adjacent to an activating group) is 1. The van der Waals surface area contributed by atoms with Crippen molar-refractivity contribution in [1.29, 1.82) is 0 Å². The third kappa shape index (κ3) is 3.74. The third-order valence-corrected chi connectivity index (χ3v) is 2.20. The second-order valence-corrected chi connectivity index (χ2v) is 3.85. The quantitative estimate of drug-likeness (QED) is 0.490. The van der Waals surface area contributed by atoms with E-state index in [0.717, 1.165) is 6.54 Å². The van der Waals surface area contributed by atoms with E-state index in [9.17, 15) is 10.1 Å². The SMILES string of the molecule is CCNCCOc1ncc(Br)cc1[N+](=O)[O-]. The highest BCUT2D eigenvalue weighted by atomic mass is 79.9. The molecular weight excluding hydrogens is 278 g/mol. The molecule has 0 aliphatic rings. The van der Waals surface area contributed by atoms with E-state index in [4.69, 9.17) is 4.74 Å². The Kier molecular flexibility index (Phi) is 5.13. The number of ether oxygens (including phenoxy) is 1. The summed E-state index contributed by atoms with van der Waals surface area (Å²) in [6.07, 6.45) is 1.47. The fourth-order valence-corrected chi connectivity index (χ4v) is 1.37. The molecule has 0 aromatic carbocycles. The van der Waals surface area contributed by atoms with E-state index in [1.165, 1.54) is 12.3 Å². The molecule has 0 radical (unpaired) electrons. The van der Waals surface area contributed by atoms with Crippen LogP contribution in [0.4, 0.5) is 5.69 Å². The van der Waals surface area contributed by atoms with Gasteiger partial charge < -0.3 is 10.1 Å². The number of halogens is 1. The summed E-state index contributed by atoms with van der Waals surface area (Å²) in [5.74, 6) is 0.0473. The Balaban J connectivity index is 2.67. The molecule has 0 spiro atoms. The van der Waals surface area contributed by atoms with Crippen molar-refractivity contribution in [3.8, 4) is 5.88 Å². The van der Waals surface area contributed by atoms with Gasteiger partial charge in [0.25, 0.3) is 5.88 Å². The zero-order chi connectivity index (χ0) is 12.0. The fraction of sp³-hybridized carbons (Fsp3) is 0.444. The van der Waals surface area contributed by atoms with Gasteiger partial charge in [-0.25, -0.2) is 4.98 Å². The molecule has 0 bridgehead atoms. The predicted octanol–water partition coefficient (Wildman–Crippen LogP) is 1.74. The standard InChI is InChI=1S/C9H12BrN3O3/c1-2-11-3-4-16-9-8(13(14)15)5-7(10)6-12-9/h5-6,11H,2-4H2,1H3. The largest absolute Gasteiger partial charge is 0.471 e.